The number of rotatable bonds is 3. The van der Waals surface area contributed by atoms with Gasteiger partial charge in [-0.2, -0.15) is 0 Å². The molecule has 0 N–H and O–H groups in total. The van der Waals surface area contributed by atoms with Crippen molar-refractivity contribution < 1.29 is 17.9 Å². The Morgan fingerprint density at radius 3 is 2.60 bits per heavy atom. The lowest BCUT2D eigenvalue weighted by molar-refractivity contribution is -0.117. The van der Waals surface area contributed by atoms with Gasteiger partial charge in [0, 0.05) is 17.4 Å². The number of ether oxygens (including phenoxy) is 1. The van der Waals surface area contributed by atoms with Gasteiger partial charge in [-0.05, 0) is 30.3 Å². The highest BCUT2D eigenvalue weighted by atomic mass is 35.5. The van der Waals surface area contributed by atoms with Crippen molar-refractivity contribution in [3.63, 3.8) is 0 Å². The normalized spacial score (nSPS) is 24.4. The number of fused-ring (bicyclic) bond motifs is 1. The third-order valence-electron chi connectivity index (χ3n) is 4.63. The van der Waals surface area contributed by atoms with E-state index in [-0.39, 0.29) is 35.8 Å². The lowest BCUT2D eigenvalue weighted by Gasteiger charge is -2.25. The quantitative estimate of drug-likeness (QED) is 0.823. The molecule has 0 spiro atoms. The maximum absolute atomic E-state index is 12.5. The zero-order valence-corrected chi connectivity index (χ0v) is 14.8. The lowest BCUT2D eigenvalue weighted by atomic mass is 10.0. The summed E-state index contributed by atoms with van der Waals surface area (Å²) in [6, 6.07) is 13.9. The minimum atomic E-state index is -3.12. The van der Waals surface area contributed by atoms with E-state index in [4.69, 9.17) is 16.3 Å². The number of para-hydroxylation sites is 1. The summed E-state index contributed by atoms with van der Waals surface area (Å²) in [7, 11) is -3.12. The van der Waals surface area contributed by atoms with Crippen molar-refractivity contribution in [2.45, 2.75) is 12.5 Å². The molecular formula is C18H16ClNO4S. The Morgan fingerprint density at radius 1 is 1.08 bits per heavy atom. The fourth-order valence-corrected chi connectivity index (χ4v) is 5.82. The van der Waals surface area contributed by atoms with Crippen LogP contribution in [0.2, 0.25) is 5.02 Å². The number of carbonyl (C=O) groups excluding carboxylic acids is 1. The summed E-state index contributed by atoms with van der Waals surface area (Å²) >= 11 is 6.13. The van der Waals surface area contributed by atoms with E-state index < -0.39 is 9.84 Å². The van der Waals surface area contributed by atoms with Crippen LogP contribution in [0.3, 0.4) is 0 Å². The van der Waals surface area contributed by atoms with Crippen LogP contribution in [0.15, 0.2) is 48.5 Å². The smallest absolute Gasteiger partial charge is 0.227 e. The second-order valence-electron chi connectivity index (χ2n) is 6.40. The SMILES string of the molecule is O=C1CC2CS(=O)(=O)CC2N1c1cc(Cl)ccc1Oc1ccccc1. The predicted octanol–water partition coefficient (Wildman–Crippen LogP) is 3.28. The fourth-order valence-electron chi connectivity index (χ4n) is 3.58. The Labute approximate surface area is 151 Å². The Balaban J connectivity index is 1.74. The molecule has 2 fully saturated rings. The summed E-state index contributed by atoms with van der Waals surface area (Å²) < 4.78 is 29.9. The van der Waals surface area contributed by atoms with Crippen LogP contribution in [0, 0.1) is 5.92 Å². The van der Waals surface area contributed by atoms with E-state index in [9.17, 15) is 13.2 Å². The van der Waals surface area contributed by atoms with Gasteiger partial charge >= 0.3 is 0 Å². The molecule has 7 heteroatoms. The van der Waals surface area contributed by atoms with Gasteiger partial charge in [-0.15, -0.1) is 0 Å². The Bertz CT molecular complexity index is 929. The van der Waals surface area contributed by atoms with Crippen LogP contribution in [0.4, 0.5) is 5.69 Å². The Morgan fingerprint density at radius 2 is 1.84 bits per heavy atom. The van der Waals surface area contributed by atoms with Crippen molar-refractivity contribution in [3.8, 4) is 11.5 Å². The summed E-state index contributed by atoms with van der Waals surface area (Å²) in [4.78, 5) is 14.1. The average molecular weight is 378 g/mol. The van der Waals surface area contributed by atoms with E-state index in [1.807, 2.05) is 30.3 Å². The molecule has 0 aromatic heterocycles. The van der Waals surface area contributed by atoms with E-state index in [2.05, 4.69) is 0 Å². The number of hydrogen-bond donors (Lipinski definition) is 0. The summed E-state index contributed by atoms with van der Waals surface area (Å²) in [6.07, 6.45) is 0.237. The van der Waals surface area contributed by atoms with Crippen LogP contribution in [0.1, 0.15) is 6.42 Å². The number of benzene rings is 2. The van der Waals surface area contributed by atoms with E-state index in [0.29, 0.717) is 22.2 Å². The average Bonchev–Trinajstić information content (AvgIpc) is 3.00. The third-order valence-corrected chi connectivity index (χ3v) is 6.65. The molecule has 5 nitrogen and oxygen atoms in total. The maximum Gasteiger partial charge on any atom is 0.227 e. The molecule has 2 unspecified atom stereocenters. The topological polar surface area (TPSA) is 63.7 Å². The molecule has 2 aromatic carbocycles. The van der Waals surface area contributed by atoms with Crippen molar-refractivity contribution in [1.82, 2.24) is 0 Å². The molecule has 0 bridgehead atoms. The first-order valence-electron chi connectivity index (χ1n) is 7.98. The molecule has 4 rings (SSSR count). The lowest BCUT2D eigenvalue weighted by Crippen LogP contribution is -2.36. The molecule has 1 amide bonds. The van der Waals surface area contributed by atoms with Crippen LogP contribution in [0.25, 0.3) is 0 Å². The van der Waals surface area contributed by atoms with Crippen molar-refractivity contribution in [2.75, 3.05) is 16.4 Å². The number of carbonyl (C=O) groups is 1. The van der Waals surface area contributed by atoms with E-state index in [1.54, 1.807) is 23.1 Å². The molecule has 2 atom stereocenters. The van der Waals surface area contributed by atoms with Crippen molar-refractivity contribution in [3.05, 3.63) is 53.6 Å². The second-order valence-corrected chi connectivity index (χ2v) is 8.99. The molecule has 0 radical (unpaired) electrons. The van der Waals surface area contributed by atoms with Gasteiger partial charge < -0.3 is 9.64 Å². The van der Waals surface area contributed by atoms with Gasteiger partial charge in [-0.25, -0.2) is 8.42 Å². The van der Waals surface area contributed by atoms with E-state index >= 15 is 0 Å². The monoisotopic (exact) mass is 377 g/mol. The number of sulfone groups is 1. The second kappa shape index (κ2) is 6.04. The van der Waals surface area contributed by atoms with Crippen molar-refractivity contribution in [1.29, 1.82) is 0 Å². The Kier molecular flexibility index (Phi) is 3.96. The van der Waals surface area contributed by atoms with Crippen LogP contribution >= 0.6 is 11.6 Å². The van der Waals surface area contributed by atoms with Crippen molar-refractivity contribution >= 4 is 33.0 Å². The van der Waals surface area contributed by atoms with Gasteiger partial charge in [0.1, 0.15) is 5.75 Å². The summed E-state index contributed by atoms with van der Waals surface area (Å²) in [6.45, 7) is 0. The highest BCUT2D eigenvalue weighted by Gasteiger charge is 2.49. The van der Waals surface area contributed by atoms with Gasteiger partial charge in [0.05, 0.1) is 23.2 Å². The molecule has 2 heterocycles. The Hall–Kier alpha value is -2.05. The minimum absolute atomic E-state index is 0.0132. The highest BCUT2D eigenvalue weighted by Crippen LogP contribution is 2.43. The zero-order chi connectivity index (χ0) is 17.6. The molecule has 2 aromatic rings. The zero-order valence-electron chi connectivity index (χ0n) is 13.3. The van der Waals surface area contributed by atoms with E-state index in [1.165, 1.54) is 0 Å². The number of amides is 1. The summed E-state index contributed by atoms with van der Waals surface area (Å²) in [5.41, 5.74) is 0.519. The van der Waals surface area contributed by atoms with Gasteiger partial charge in [-0.1, -0.05) is 29.8 Å². The minimum Gasteiger partial charge on any atom is -0.455 e. The first kappa shape index (κ1) is 16.4. The molecule has 25 heavy (non-hydrogen) atoms. The molecule has 2 aliphatic heterocycles. The van der Waals surface area contributed by atoms with Gasteiger partial charge in [-0.3, -0.25) is 4.79 Å². The summed E-state index contributed by atoms with van der Waals surface area (Å²) in [5.74, 6) is 0.907. The van der Waals surface area contributed by atoms with Crippen LogP contribution in [-0.2, 0) is 14.6 Å². The first-order valence-corrected chi connectivity index (χ1v) is 10.2. The molecule has 0 saturated carbocycles. The van der Waals surface area contributed by atoms with Gasteiger partial charge in [0.15, 0.2) is 15.6 Å². The third kappa shape index (κ3) is 3.12. The van der Waals surface area contributed by atoms with E-state index in [0.717, 1.165) is 0 Å². The fraction of sp³-hybridized carbons (Fsp3) is 0.278. The molecular weight excluding hydrogens is 362 g/mol. The molecule has 0 aliphatic carbocycles. The number of nitrogens with zero attached hydrogens (tertiary/aromatic N) is 1. The highest BCUT2D eigenvalue weighted by molar-refractivity contribution is 7.91. The maximum atomic E-state index is 12.5. The van der Waals surface area contributed by atoms with Crippen molar-refractivity contribution in [2.24, 2.45) is 5.92 Å². The predicted molar refractivity (Wildman–Crippen MR) is 96.0 cm³/mol. The molecule has 130 valence electrons. The van der Waals surface area contributed by atoms with Crippen LogP contribution < -0.4 is 9.64 Å². The number of anilines is 1. The summed E-state index contributed by atoms with van der Waals surface area (Å²) in [5, 5.41) is 0.465. The van der Waals surface area contributed by atoms with Crippen LogP contribution in [0.5, 0.6) is 11.5 Å². The standard InChI is InChI=1S/C18H16ClNO4S/c19-13-6-7-17(24-14-4-2-1-3-5-14)15(9-13)20-16-11-25(22,23)10-12(16)8-18(20)21/h1-7,9,12,16H,8,10-11H2. The molecule has 2 saturated heterocycles. The first-order chi connectivity index (χ1) is 11.9. The number of halogens is 1. The molecule has 2 aliphatic rings. The number of hydrogen-bond acceptors (Lipinski definition) is 4. The van der Waals surface area contributed by atoms with Gasteiger partial charge in [0.25, 0.3) is 0 Å². The largest absolute Gasteiger partial charge is 0.455 e. The van der Waals surface area contributed by atoms with Gasteiger partial charge in [0.2, 0.25) is 5.91 Å². The van der Waals surface area contributed by atoms with Crippen LogP contribution in [-0.4, -0.2) is 31.9 Å².